The first-order valence-electron chi connectivity index (χ1n) is 14.8. The first-order chi connectivity index (χ1) is 19.1. The molecular weight excluding hydrogens is 524 g/mol. The molecule has 0 bridgehead atoms. The van der Waals surface area contributed by atoms with E-state index < -0.39 is 0 Å². The first kappa shape index (κ1) is 31.2. The Bertz CT molecular complexity index is 1110. The fourth-order valence-corrected chi connectivity index (χ4v) is 5.78. The van der Waals surface area contributed by atoms with Gasteiger partial charge >= 0.3 is 0 Å². The van der Waals surface area contributed by atoms with Gasteiger partial charge in [-0.25, -0.2) is 0 Å². The number of ether oxygens (including phenoxy) is 1. The van der Waals surface area contributed by atoms with E-state index >= 15 is 0 Å². The highest BCUT2D eigenvalue weighted by Crippen LogP contribution is 2.29. The largest absolute Gasteiger partial charge is 0.492 e. The average Bonchev–Trinajstić information content (AvgIpc) is 3.33. The second-order valence-electron chi connectivity index (χ2n) is 10.5. The number of para-hydroxylation sites is 1. The van der Waals surface area contributed by atoms with E-state index in [0.717, 1.165) is 30.6 Å². The zero-order valence-electron chi connectivity index (χ0n) is 23.9. The zero-order chi connectivity index (χ0) is 27.7. The van der Waals surface area contributed by atoms with Crippen LogP contribution in [0.2, 0.25) is 5.02 Å². The summed E-state index contributed by atoms with van der Waals surface area (Å²) >= 11 is 8.15. The van der Waals surface area contributed by atoms with E-state index in [1.54, 1.807) is 11.3 Å². The molecule has 0 radical (unpaired) electrons. The van der Waals surface area contributed by atoms with Crippen LogP contribution in [0.15, 0.2) is 53.4 Å². The zero-order valence-corrected chi connectivity index (χ0v) is 25.4. The molecule has 3 aromatic rings. The summed E-state index contributed by atoms with van der Waals surface area (Å²) in [4.78, 5) is 12.8. The number of benzene rings is 2. The third-order valence-corrected chi connectivity index (χ3v) is 8.27. The summed E-state index contributed by atoms with van der Waals surface area (Å²) in [5, 5.41) is 5.71. The van der Waals surface area contributed by atoms with Crippen molar-refractivity contribution in [3.63, 3.8) is 0 Å². The molecule has 6 heteroatoms. The predicted molar refractivity (Wildman–Crippen MR) is 165 cm³/mol. The summed E-state index contributed by atoms with van der Waals surface area (Å²) in [5.74, 6) is 0.555. The van der Waals surface area contributed by atoms with Crippen molar-refractivity contribution in [2.45, 2.75) is 104 Å². The maximum Gasteiger partial charge on any atom is 0.228 e. The Balaban J connectivity index is 1.35. The smallest absolute Gasteiger partial charge is 0.228 e. The fourth-order valence-electron chi connectivity index (χ4n) is 4.76. The molecule has 1 N–H and O–H groups in total. The van der Waals surface area contributed by atoms with Gasteiger partial charge in [-0.1, -0.05) is 125 Å². The summed E-state index contributed by atoms with van der Waals surface area (Å²) in [6, 6.07) is 13.7. The molecule has 1 heterocycles. The quantitative estimate of drug-likeness (QED) is 0.115. The van der Waals surface area contributed by atoms with Crippen molar-refractivity contribution in [1.82, 2.24) is 0 Å². The third-order valence-electron chi connectivity index (χ3n) is 7.11. The summed E-state index contributed by atoms with van der Waals surface area (Å²) < 4.78 is 8.29. The summed E-state index contributed by atoms with van der Waals surface area (Å²) in [6.45, 7) is 5.83. The number of thiazole rings is 1. The van der Waals surface area contributed by atoms with Gasteiger partial charge in [0.05, 0.1) is 23.4 Å². The molecule has 3 rings (SSSR count). The SMILES string of the molecule is CCCCCCCCCCCCCCOc1c(Cl)cccc1CC(=O)Nc1ccc(C[n+]2cscc2C)cc1. The van der Waals surface area contributed by atoms with E-state index in [9.17, 15) is 4.79 Å². The van der Waals surface area contributed by atoms with Crippen molar-refractivity contribution < 1.29 is 14.1 Å². The van der Waals surface area contributed by atoms with E-state index in [0.29, 0.717) is 17.4 Å². The molecule has 0 fully saturated rings. The molecule has 1 amide bonds. The molecule has 0 unspecified atom stereocenters. The van der Waals surface area contributed by atoms with E-state index in [4.69, 9.17) is 16.3 Å². The summed E-state index contributed by atoms with van der Waals surface area (Å²) in [6.07, 6.45) is 15.9. The maximum atomic E-state index is 12.8. The van der Waals surface area contributed by atoms with Crippen molar-refractivity contribution in [2.24, 2.45) is 0 Å². The molecule has 39 heavy (non-hydrogen) atoms. The Morgan fingerprint density at radius 3 is 2.15 bits per heavy atom. The number of nitrogens with one attached hydrogen (secondary N) is 1. The second kappa shape index (κ2) is 18.1. The van der Waals surface area contributed by atoms with Crippen LogP contribution in [0.4, 0.5) is 5.69 Å². The number of aromatic nitrogens is 1. The highest BCUT2D eigenvalue weighted by atomic mass is 35.5. The molecule has 4 nitrogen and oxygen atoms in total. The highest BCUT2D eigenvalue weighted by molar-refractivity contribution is 7.07. The number of hydrogen-bond acceptors (Lipinski definition) is 3. The lowest BCUT2D eigenvalue weighted by atomic mass is 10.1. The van der Waals surface area contributed by atoms with Crippen molar-refractivity contribution in [3.05, 3.63) is 75.2 Å². The number of halogens is 1. The van der Waals surface area contributed by atoms with Gasteiger partial charge in [-0.05, 0) is 24.6 Å². The standard InChI is InChI=1S/C33H45ClN2O2S/c1-3-4-5-6-7-8-9-10-11-12-13-14-22-38-33-29(16-15-17-31(33)34)23-32(37)35-30-20-18-28(19-21-30)24-36-26-39-25-27(36)2/h15-21,25-26H,3-14,22-24H2,1-2H3/p+1. The minimum atomic E-state index is -0.0803. The normalized spacial score (nSPS) is 11.1. The Hall–Kier alpha value is -2.37. The second-order valence-corrected chi connectivity index (χ2v) is 11.6. The minimum Gasteiger partial charge on any atom is -0.492 e. The van der Waals surface area contributed by atoms with E-state index in [1.807, 2.05) is 30.3 Å². The van der Waals surface area contributed by atoms with Gasteiger partial charge in [0.1, 0.15) is 5.75 Å². The van der Waals surface area contributed by atoms with Crippen LogP contribution in [0.3, 0.4) is 0 Å². The van der Waals surface area contributed by atoms with Crippen LogP contribution in [0.5, 0.6) is 5.75 Å². The van der Waals surface area contributed by atoms with Crippen molar-refractivity contribution in [3.8, 4) is 5.75 Å². The molecule has 0 aliphatic carbocycles. The molecule has 212 valence electrons. The molecule has 0 saturated carbocycles. The molecule has 0 spiro atoms. The van der Waals surface area contributed by atoms with Gasteiger partial charge in [-0.15, -0.1) is 0 Å². The topological polar surface area (TPSA) is 42.2 Å². The van der Waals surface area contributed by atoms with Crippen LogP contribution in [0, 0.1) is 6.92 Å². The van der Waals surface area contributed by atoms with Gasteiger partial charge in [-0.2, -0.15) is 4.57 Å². The Kier molecular flexibility index (Phi) is 14.4. The minimum absolute atomic E-state index is 0.0803. The van der Waals surface area contributed by atoms with Crippen LogP contribution >= 0.6 is 22.9 Å². The number of unbranched alkanes of at least 4 members (excludes halogenated alkanes) is 11. The fraction of sp³-hybridized carbons (Fsp3) is 0.515. The molecule has 1 aromatic heterocycles. The number of carbonyl (C=O) groups is 1. The van der Waals surface area contributed by atoms with Crippen molar-refractivity contribution in [1.29, 1.82) is 0 Å². The Labute approximate surface area is 244 Å². The summed E-state index contributed by atoms with van der Waals surface area (Å²) in [5.41, 5.74) is 6.17. The number of nitrogens with zero attached hydrogens (tertiary/aromatic N) is 1. The van der Waals surface area contributed by atoms with Crippen LogP contribution in [0.1, 0.15) is 101 Å². The first-order valence-corrected chi connectivity index (χ1v) is 16.1. The number of aryl methyl sites for hydroxylation is 1. The monoisotopic (exact) mass is 569 g/mol. The van der Waals surface area contributed by atoms with Crippen LogP contribution in [-0.2, 0) is 17.8 Å². The summed E-state index contributed by atoms with van der Waals surface area (Å²) in [7, 11) is 0. The molecular formula is C33H46ClN2O2S+. The average molecular weight is 570 g/mol. The Morgan fingerprint density at radius 1 is 0.897 bits per heavy atom. The number of rotatable bonds is 19. The predicted octanol–water partition coefficient (Wildman–Crippen LogP) is 9.31. The molecule has 0 atom stereocenters. The number of carbonyl (C=O) groups excluding carboxylic acids is 1. The number of amides is 1. The van der Waals surface area contributed by atoms with Gasteiger partial charge in [0.2, 0.25) is 11.4 Å². The Morgan fingerprint density at radius 2 is 1.54 bits per heavy atom. The third kappa shape index (κ3) is 11.7. The lowest BCUT2D eigenvalue weighted by molar-refractivity contribution is -0.689. The maximum absolute atomic E-state index is 12.8. The van der Waals surface area contributed by atoms with Gasteiger partial charge in [0, 0.05) is 23.7 Å². The van der Waals surface area contributed by atoms with Crippen molar-refractivity contribution >= 4 is 34.5 Å². The van der Waals surface area contributed by atoms with Gasteiger partial charge < -0.3 is 10.1 Å². The number of hydrogen-bond donors (Lipinski definition) is 1. The van der Waals surface area contributed by atoms with E-state index in [1.165, 1.54) is 75.5 Å². The van der Waals surface area contributed by atoms with Gasteiger partial charge in [0.15, 0.2) is 12.2 Å². The highest BCUT2D eigenvalue weighted by Gasteiger charge is 2.13. The van der Waals surface area contributed by atoms with Crippen LogP contribution in [0.25, 0.3) is 0 Å². The van der Waals surface area contributed by atoms with Crippen LogP contribution in [-0.4, -0.2) is 12.5 Å². The van der Waals surface area contributed by atoms with Crippen molar-refractivity contribution in [2.75, 3.05) is 11.9 Å². The van der Waals surface area contributed by atoms with Gasteiger partial charge in [0.25, 0.3) is 0 Å². The lowest BCUT2D eigenvalue weighted by Gasteiger charge is -2.13. The number of anilines is 1. The van der Waals surface area contributed by atoms with E-state index in [2.05, 4.69) is 46.8 Å². The van der Waals surface area contributed by atoms with Crippen LogP contribution < -0.4 is 14.6 Å². The lowest BCUT2D eigenvalue weighted by Crippen LogP contribution is -2.34. The molecule has 0 aliphatic rings. The molecule has 0 saturated heterocycles. The van der Waals surface area contributed by atoms with E-state index in [-0.39, 0.29) is 12.3 Å². The van der Waals surface area contributed by atoms with Gasteiger partial charge in [-0.3, -0.25) is 4.79 Å². The molecule has 0 aliphatic heterocycles. The molecule has 2 aromatic carbocycles.